The first-order valence-corrected chi connectivity index (χ1v) is 11.1. The maximum atomic E-state index is 14.7. The van der Waals surface area contributed by atoms with E-state index in [2.05, 4.69) is 5.32 Å². The topological polar surface area (TPSA) is 61.9 Å². The third-order valence-corrected chi connectivity index (χ3v) is 6.37. The molecule has 1 heterocycles. The van der Waals surface area contributed by atoms with Crippen molar-refractivity contribution >= 4 is 17.6 Å². The molecule has 1 atom stereocenters. The molecule has 3 amide bonds. The van der Waals surface area contributed by atoms with Gasteiger partial charge >= 0.3 is 6.03 Å². The third-order valence-electron chi connectivity index (χ3n) is 6.37. The highest BCUT2D eigenvalue weighted by Crippen LogP contribution is 2.38. The Morgan fingerprint density at radius 3 is 2.30 bits per heavy atom. The summed E-state index contributed by atoms with van der Waals surface area (Å²) < 4.78 is 74.9. The maximum Gasteiger partial charge on any atom is 0.325 e. The molecule has 0 saturated heterocycles. The maximum absolute atomic E-state index is 14.7. The van der Waals surface area contributed by atoms with Gasteiger partial charge in [-0.3, -0.25) is 9.69 Å². The molecule has 1 aliphatic heterocycles. The fourth-order valence-electron chi connectivity index (χ4n) is 4.18. The van der Waals surface area contributed by atoms with Gasteiger partial charge in [0.05, 0.1) is 30.9 Å². The van der Waals surface area contributed by atoms with Crippen molar-refractivity contribution in [1.29, 1.82) is 0 Å². The number of carbonyl (C=O) groups is 2. The van der Waals surface area contributed by atoms with Crippen LogP contribution in [0.4, 0.5) is 32.4 Å². The third kappa shape index (κ3) is 4.81. The average Bonchev–Trinajstić information content (AvgIpc) is 2.86. The highest BCUT2D eigenvalue weighted by atomic mass is 19.2. The number of fused-ring (bicyclic) bond motifs is 1. The molecule has 0 saturated carbocycles. The molecule has 6 nitrogen and oxygen atoms in total. The van der Waals surface area contributed by atoms with Crippen LogP contribution in [0, 0.1) is 29.1 Å². The summed E-state index contributed by atoms with van der Waals surface area (Å²) in [7, 11) is 2.83. The van der Waals surface area contributed by atoms with Crippen LogP contribution in [0.1, 0.15) is 40.0 Å². The first-order valence-electron chi connectivity index (χ1n) is 11.1. The van der Waals surface area contributed by atoms with Crippen LogP contribution in [0.25, 0.3) is 0 Å². The van der Waals surface area contributed by atoms with Crippen molar-refractivity contribution < 1.29 is 36.3 Å². The van der Waals surface area contributed by atoms with Crippen molar-refractivity contribution in [2.45, 2.75) is 26.1 Å². The second-order valence-corrected chi connectivity index (χ2v) is 8.50. The largest absolute Gasteiger partial charge is 0.496 e. The first kappa shape index (κ1) is 25.9. The summed E-state index contributed by atoms with van der Waals surface area (Å²) in [4.78, 5) is 28.6. The molecular weight excluding hydrogens is 497 g/mol. The summed E-state index contributed by atoms with van der Waals surface area (Å²) in [6.45, 7) is 0.811. The van der Waals surface area contributed by atoms with E-state index in [0.29, 0.717) is 17.7 Å². The fraction of sp³-hybridized carbons (Fsp3) is 0.231. The minimum absolute atomic E-state index is 0.0340. The van der Waals surface area contributed by atoms with Crippen molar-refractivity contribution in [2.75, 3.05) is 19.1 Å². The van der Waals surface area contributed by atoms with Crippen LogP contribution in [0.5, 0.6) is 5.75 Å². The van der Waals surface area contributed by atoms with Crippen LogP contribution in [0.3, 0.4) is 0 Å². The lowest BCUT2D eigenvalue weighted by molar-refractivity contribution is 0.0950. The first-order chi connectivity index (χ1) is 17.5. The van der Waals surface area contributed by atoms with Crippen LogP contribution in [0.15, 0.2) is 42.5 Å². The molecule has 4 rings (SSSR count). The van der Waals surface area contributed by atoms with Crippen molar-refractivity contribution in [3.8, 4) is 5.75 Å². The molecule has 0 bridgehead atoms. The van der Waals surface area contributed by atoms with Gasteiger partial charge in [0, 0.05) is 36.9 Å². The van der Waals surface area contributed by atoms with Gasteiger partial charge in [0.2, 0.25) is 0 Å². The van der Waals surface area contributed by atoms with Crippen molar-refractivity contribution in [3.63, 3.8) is 0 Å². The summed E-state index contributed by atoms with van der Waals surface area (Å²) in [5.74, 6) is -6.37. The Kier molecular flexibility index (Phi) is 7.06. The van der Waals surface area contributed by atoms with E-state index in [4.69, 9.17) is 4.74 Å². The zero-order valence-electron chi connectivity index (χ0n) is 20.0. The fourth-order valence-corrected chi connectivity index (χ4v) is 4.18. The van der Waals surface area contributed by atoms with Gasteiger partial charge in [-0.15, -0.1) is 0 Å². The molecule has 0 fully saturated rings. The number of rotatable bonds is 6. The van der Waals surface area contributed by atoms with E-state index in [9.17, 15) is 31.5 Å². The van der Waals surface area contributed by atoms with Crippen LogP contribution in [0.2, 0.25) is 0 Å². The molecule has 3 aromatic rings. The van der Waals surface area contributed by atoms with Crippen molar-refractivity contribution in [2.24, 2.45) is 0 Å². The number of anilines is 1. The van der Waals surface area contributed by atoms with E-state index < -0.39 is 65.7 Å². The minimum Gasteiger partial charge on any atom is -0.496 e. The van der Waals surface area contributed by atoms with E-state index >= 15 is 0 Å². The minimum atomic E-state index is -1.17. The lowest BCUT2D eigenvalue weighted by Crippen LogP contribution is -2.46. The molecule has 0 spiro atoms. The van der Waals surface area contributed by atoms with Gasteiger partial charge in [0.25, 0.3) is 5.91 Å². The molecule has 1 unspecified atom stereocenters. The number of nitrogens with one attached hydrogen (secondary N) is 1. The average molecular weight is 519 g/mol. The lowest BCUT2D eigenvalue weighted by Gasteiger charge is -2.40. The van der Waals surface area contributed by atoms with Gasteiger partial charge in [-0.1, -0.05) is 6.07 Å². The SMILES string of the molecule is COc1ccc(F)c(F)c1CN1C(=O)N(C)C(C)c2ccc(C(=O)NCc3c(F)cc(F)cc3F)cc21. The molecule has 1 N–H and O–H groups in total. The zero-order valence-corrected chi connectivity index (χ0v) is 20.0. The van der Waals surface area contributed by atoms with Crippen molar-refractivity contribution in [3.05, 3.63) is 93.8 Å². The van der Waals surface area contributed by atoms with Gasteiger partial charge < -0.3 is 15.0 Å². The smallest absolute Gasteiger partial charge is 0.325 e. The Balaban J connectivity index is 1.68. The molecule has 3 aromatic carbocycles. The molecule has 0 radical (unpaired) electrons. The van der Waals surface area contributed by atoms with Crippen LogP contribution in [-0.4, -0.2) is 31.0 Å². The Hall–Kier alpha value is -4.15. The number of nitrogens with zero attached hydrogens (tertiary/aromatic N) is 2. The molecule has 1 aliphatic rings. The summed E-state index contributed by atoms with van der Waals surface area (Å²) in [6, 6.07) is 6.68. The number of methoxy groups -OCH3 is 1. The zero-order chi connectivity index (χ0) is 27.0. The molecular formula is C26H22F5N3O3. The predicted octanol–water partition coefficient (Wildman–Crippen LogP) is 5.45. The number of hydrogen-bond donors (Lipinski definition) is 1. The van der Waals surface area contributed by atoms with E-state index in [-0.39, 0.29) is 22.6 Å². The second kappa shape index (κ2) is 10.1. The number of ether oxygens (including phenoxy) is 1. The quantitative estimate of drug-likeness (QED) is 0.441. The number of halogens is 5. The van der Waals surface area contributed by atoms with Crippen molar-refractivity contribution in [1.82, 2.24) is 10.2 Å². The number of benzene rings is 3. The summed E-state index contributed by atoms with van der Waals surface area (Å²) in [5, 5.41) is 2.37. The Labute approximate surface area is 209 Å². The Bertz CT molecular complexity index is 1380. The standard InChI is InChI=1S/C26H22F5N3O3/c1-13-16-5-4-14(25(35)32-11-17-20(29)9-15(27)10-21(17)30)8-22(16)34(26(36)33(13)2)12-18-23(37-3)7-6-19(28)24(18)31/h4-10,13H,11-12H2,1-3H3,(H,32,35). The number of carbonyl (C=O) groups excluding carboxylic acids is 2. The number of amides is 3. The van der Waals surface area contributed by atoms with E-state index in [1.807, 2.05) is 0 Å². The summed E-state index contributed by atoms with van der Waals surface area (Å²) in [6.07, 6.45) is 0. The molecule has 0 aliphatic carbocycles. The lowest BCUT2D eigenvalue weighted by atomic mass is 9.98. The predicted molar refractivity (Wildman–Crippen MR) is 125 cm³/mol. The molecule has 11 heteroatoms. The van der Waals surface area contributed by atoms with Gasteiger partial charge in [0.15, 0.2) is 11.6 Å². The highest BCUT2D eigenvalue weighted by Gasteiger charge is 2.35. The molecule has 194 valence electrons. The normalized spacial score (nSPS) is 15.0. The summed E-state index contributed by atoms with van der Waals surface area (Å²) >= 11 is 0. The highest BCUT2D eigenvalue weighted by molar-refractivity contribution is 5.99. The molecule has 37 heavy (non-hydrogen) atoms. The van der Waals surface area contributed by atoms with Gasteiger partial charge in [-0.05, 0) is 36.8 Å². The van der Waals surface area contributed by atoms with E-state index in [1.54, 1.807) is 20.0 Å². The van der Waals surface area contributed by atoms with Crippen LogP contribution in [-0.2, 0) is 13.1 Å². The number of urea groups is 1. The van der Waals surface area contributed by atoms with Gasteiger partial charge in [0.1, 0.15) is 23.2 Å². The van der Waals surface area contributed by atoms with Crippen LogP contribution < -0.4 is 15.0 Å². The molecule has 0 aromatic heterocycles. The van der Waals surface area contributed by atoms with E-state index in [0.717, 1.165) is 6.07 Å². The Morgan fingerprint density at radius 1 is 0.973 bits per heavy atom. The van der Waals surface area contributed by atoms with Crippen LogP contribution >= 0.6 is 0 Å². The number of hydrogen-bond acceptors (Lipinski definition) is 3. The monoisotopic (exact) mass is 519 g/mol. The second-order valence-electron chi connectivity index (χ2n) is 8.50. The van der Waals surface area contributed by atoms with E-state index in [1.165, 1.54) is 35.1 Å². The Morgan fingerprint density at radius 2 is 1.65 bits per heavy atom. The summed E-state index contributed by atoms with van der Waals surface area (Å²) in [5.41, 5.74) is 0.233. The van der Waals surface area contributed by atoms with Gasteiger partial charge in [-0.2, -0.15) is 0 Å². The van der Waals surface area contributed by atoms with Gasteiger partial charge in [-0.25, -0.2) is 26.7 Å².